The first-order valence-electron chi connectivity index (χ1n) is 10.4. The molecule has 11 nitrogen and oxygen atoms in total. The number of furan rings is 1. The second-order valence-electron chi connectivity index (χ2n) is 7.03. The fourth-order valence-corrected chi connectivity index (χ4v) is 3.08. The predicted octanol–water partition coefficient (Wildman–Crippen LogP) is 2.36. The Kier molecular flexibility index (Phi) is 8.27. The highest BCUT2D eigenvalue weighted by molar-refractivity contribution is 5.95. The number of hydrogen-bond donors (Lipinski definition) is 2. The third kappa shape index (κ3) is 6.37. The number of hydrogen-bond acceptors (Lipinski definition) is 9. The Bertz CT molecular complexity index is 1090. The highest BCUT2D eigenvalue weighted by atomic mass is 16.7. The van der Waals surface area contributed by atoms with Gasteiger partial charge in [0, 0.05) is 0 Å². The van der Waals surface area contributed by atoms with Gasteiger partial charge in [-0.15, -0.1) is 0 Å². The van der Waals surface area contributed by atoms with E-state index in [1.165, 1.54) is 6.21 Å². The maximum Gasteiger partial charge on any atom is 0.347 e. The van der Waals surface area contributed by atoms with Crippen molar-refractivity contribution >= 4 is 24.2 Å². The third-order valence-electron chi connectivity index (χ3n) is 4.65. The van der Waals surface area contributed by atoms with Crippen molar-refractivity contribution in [2.45, 2.75) is 19.9 Å². The van der Waals surface area contributed by atoms with Crippen molar-refractivity contribution in [2.24, 2.45) is 5.16 Å². The minimum atomic E-state index is -0.902. The number of oxime groups is 1. The predicted molar refractivity (Wildman–Crippen MR) is 119 cm³/mol. The molecule has 0 fully saturated rings. The van der Waals surface area contributed by atoms with Crippen LogP contribution in [0.4, 0.5) is 4.79 Å². The summed E-state index contributed by atoms with van der Waals surface area (Å²) in [5, 5.41) is 8.84. The Morgan fingerprint density at radius 3 is 2.56 bits per heavy atom. The topological polar surface area (TPSA) is 138 Å². The summed E-state index contributed by atoms with van der Waals surface area (Å²) in [5.41, 5.74) is 0.897. The first-order valence-corrected chi connectivity index (χ1v) is 10.4. The van der Waals surface area contributed by atoms with Crippen LogP contribution in [-0.2, 0) is 23.9 Å². The molecule has 2 amide bonds. The number of rotatable bonds is 10. The van der Waals surface area contributed by atoms with Gasteiger partial charge >= 0.3 is 18.0 Å². The molecule has 3 rings (SSSR count). The lowest BCUT2D eigenvalue weighted by atomic mass is 10.0. The Balaban J connectivity index is 1.64. The van der Waals surface area contributed by atoms with E-state index in [2.05, 4.69) is 15.8 Å². The Morgan fingerprint density at radius 1 is 1.15 bits per heavy atom. The Hall–Kier alpha value is -4.28. The minimum Gasteiger partial charge on any atom is -0.497 e. The SMILES string of the molecule is CCOC(=O)C1=C(COC(=O)CO/N=C\c2ccc(OC)cc2)NC(=O)N[C@@H]1c1ccc(C)o1. The molecule has 1 aromatic heterocycles. The molecule has 2 aromatic rings. The number of carbonyl (C=O) groups is 3. The average molecular weight is 471 g/mol. The number of methoxy groups -OCH3 is 1. The van der Waals surface area contributed by atoms with Crippen molar-refractivity contribution in [2.75, 3.05) is 26.9 Å². The molecule has 1 aromatic carbocycles. The van der Waals surface area contributed by atoms with Crippen LogP contribution in [0.3, 0.4) is 0 Å². The highest BCUT2D eigenvalue weighted by Crippen LogP contribution is 2.29. The van der Waals surface area contributed by atoms with Crippen molar-refractivity contribution in [3.63, 3.8) is 0 Å². The van der Waals surface area contributed by atoms with Gasteiger partial charge in [-0.2, -0.15) is 0 Å². The van der Waals surface area contributed by atoms with Crippen LogP contribution in [0, 0.1) is 6.92 Å². The van der Waals surface area contributed by atoms with Gasteiger partial charge in [0.15, 0.2) is 0 Å². The molecule has 2 heterocycles. The zero-order valence-corrected chi connectivity index (χ0v) is 19.0. The molecule has 0 spiro atoms. The summed E-state index contributed by atoms with van der Waals surface area (Å²) in [7, 11) is 1.57. The fraction of sp³-hybridized carbons (Fsp3) is 0.304. The van der Waals surface area contributed by atoms with E-state index in [0.29, 0.717) is 17.3 Å². The van der Waals surface area contributed by atoms with Crippen molar-refractivity contribution in [3.05, 3.63) is 64.8 Å². The van der Waals surface area contributed by atoms with Crippen molar-refractivity contribution in [1.82, 2.24) is 10.6 Å². The van der Waals surface area contributed by atoms with Crippen LogP contribution in [0.15, 0.2) is 57.2 Å². The molecule has 0 saturated heterocycles. The van der Waals surface area contributed by atoms with Gasteiger partial charge < -0.3 is 34.1 Å². The molecular weight excluding hydrogens is 446 g/mol. The number of benzene rings is 1. The molecule has 0 unspecified atom stereocenters. The number of ether oxygens (including phenoxy) is 3. The lowest BCUT2D eigenvalue weighted by molar-refractivity contribution is -0.148. The molecule has 2 N–H and O–H groups in total. The maximum atomic E-state index is 12.6. The van der Waals surface area contributed by atoms with Crippen LogP contribution in [0.25, 0.3) is 0 Å². The van der Waals surface area contributed by atoms with E-state index in [9.17, 15) is 14.4 Å². The first kappa shape index (κ1) is 24.4. The summed E-state index contributed by atoms with van der Waals surface area (Å²) in [5.74, 6) is 0.218. The molecular formula is C23H25N3O8. The molecule has 34 heavy (non-hydrogen) atoms. The number of esters is 2. The maximum absolute atomic E-state index is 12.6. The molecule has 0 bridgehead atoms. The van der Waals surface area contributed by atoms with Gasteiger partial charge in [-0.25, -0.2) is 14.4 Å². The summed E-state index contributed by atoms with van der Waals surface area (Å²) < 4.78 is 21.0. The van der Waals surface area contributed by atoms with E-state index in [1.807, 2.05) is 0 Å². The molecule has 1 aliphatic rings. The van der Waals surface area contributed by atoms with E-state index in [4.69, 9.17) is 23.5 Å². The van der Waals surface area contributed by atoms with Crippen LogP contribution in [0.2, 0.25) is 0 Å². The number of amides is 2. The zero-order chi connectivity index (χ0) is 24.5. The number of carbonyl (C=O) groups excluding carboxylic acids is 3. The van der Waals surface area contributed by atoms with Crippen LogP contribution < -0.4 is 15.4 Å². The Labute approximate surface area is 195 Å². The smallest absolute Gasteiger partial charge is 0.347 e. The summed E-state index contributed by atoms with van der Waals surface area (Å²) >= 11 is 0. The largest absolute Gasteiger partial charge is 0.497 e. The molecule has 180 valence electrons. The number of nitrogens with zero attached hydrogens (tertiary/aromatic N) is 1. The van der Waals surface area contributed by atoms with Gasteiger partial charge in [0.05, 0.1) is 31.2 Å². The fourth-order valence-electron chi connectivity index (χ4n) is 3.08. The number of aryl methyl sites for hydroxylation is 1. The van der Waals surface area contributed by atoms with E-state index in [-0.39, 0.29) is 24.5 Å². The van der Waals surface area contributed by atoms with E-state index in [0.717, 1.165) is 5.56 Å². The van der Waals surface area contributed by atoms with Crippen molar-refractivity contribution in [1.29, 1.82) is 0 Å². The van der Waals surface area contributed by atoms with Crippen LogP contribution in [0.5, 0.6) is 5.75 Å². The third-order valence-corrected chi connectivity index (χ3v) is 4.65. The zero-order valence-electron chi connectivity index (χ0n) is 19.0. The molecule has 1 atom stereocenters. The van der Waals surface area contributed by atoms with E-state index in [1.54, 1.807) is 57.4 Å². The number of nitrogens with one attached hydrogen (secondary N) is 2. The Morgan fingerprint density at radius 2 is 1.91 bits per heavy atom. The molecule has 0 aliphatic carbocycles. The standard InChI is InChI=1S/C23H25N3O8/c1-4-31-22(28)20-17(25-23(29)26-21(20)18-10-5-14(2)34-18)12-32-19(27)13-33-24-11-15-6-8-16(30-3)9-7-15/h5-11,21H,4,12-13H2,1-3H3,(H2,25,26,29)/b24-11-/t21-/m1/s1. The summed E-state index contributed by atoms with van der Waals surface area (Å²) in [6.45, 7) is 2.65. The average Bonchev–Trinajstić information content (AvgIpc) is 3.26. The van der Waals surface area contributed by atoms with Crippen LogP contribution >= 0.6 is 0 Å². The highest BCUT2D eigenvalue weighted by Gasteiger charge is 2.36. The van der Waals surface area contributed by atoms with Gasteiger partial charge in [-0.3, -0.25) is 0 Å². The summed E-state index contributed by atoms with van der Waals surface area (Å²) in [6, 6.07) is 8.91. The number of urea groups is 1. The van der Waals surface area contributed by atoms with Crippen LogP contribution in [-0.4, -0.2) is 51.1 Å². The van der Waals surface area contributed by atoms with Crippen molar-refractivity contribution < 1.29 is 37.8 Å². The summed E-state index contributed by atoms with van der Waals surface area (Å²) in [4.78, 5) is 41.9. The van der Waals surface area contributed by atoms with Crippen molar-refractivity contribution in [3.8, 4) is 5.75 Å². The second kappa shape index (κ2) is 11.5. The minimum absolute atomic E-state index is 0.0713. The molecule has 0 saturated carbocycles. The monoisotopic (exact) mass is 471 g/mol. The lowest BCUT2D eigenvalue weighted by Crippen LogP contribution is -2.47. The normalized spacial score (nSPS) is 15.5. The van der Waals surface area contributed by atoms with Gasteiger partial charge in [-0.05, 0) is 55.8 Å². The quantitative estimate of drug-likeness (QED) is 0.306. The van der Waals surface area contributed by atoms with E-state index >= 15 is 0 Å². The van der Waals surface area contributed by atoms with Gasteiger partial charge in [0.2, 0.25) is 6.61 Å². The second-order valence-corrected chi connectivity index (χ2v) is 7.03. The van der Waals surface area contributed by atoms with Gasteiger partial charge in [-0.1, -0.05) is 5.16 Å². The molecule has 0 radical (unpaired) electrons. The lowest BCUT2D eigenvalue weighted by Gasteiger charge is -2.27. The van der Waals surface area contributed by atoms with Crippen LogP contribution in [0.1, 0.15) is 30.0 Å². The first-order chi connectivity index (χ1) is 16.4. The summed E-state index contributed by atoms with van der Waals surface area (Å²) in [6.07, 6.45) is 1.43. The van der Waals surface area contributed by atoms with Gasteiger partial charge in [0.25, 0.3) is 0 Å². The molecule has 11 heteroatoms. The van der Waals surface area contributed by atoms with E-state index < -0.39 is 30.6 Å². The molecule has 1 aliphatic heterocycles. The van der Waals surface area contributed by atoms with Gasteiger partial charge in [0.1, 0.15) is 29.9 Å².